The van der Waals surface area contributed by atoms with Crippen LogP contribution >= 0.6 is 22.9 Å². The predicted octanol–water partition coefficient (Wildman–Crippen LogP) is 5.32. The zero-order valence-corrected chi connectivity index (χ0v) is 21.4. The molecule has 3 heterocycles. The highest BCUT2D eigenvalue weighted by molar-refractivity contribution is 7.13. The molecule has 3 aromatic heterocycles. The number of hydrogen-bond acceptors (Lipinski definition) is 8. The van der Waals surface area contributed by atoms with Gasteiger partial charge in [-0.15, -0.1) is 11.3 Å². The monoisotopic (exact) mass is 564 g/mol. The number of aromatic hydroxyl groups is 1. The Morgan fingerprint density at radius 2 is 2.00 bits per heavy atom. The van der Waals surface area contributed by atoms with E-state index in [1.165, 1.54) is 24.7 Å². The quantitative estimate of drug-likeness (QED) is 0.251. The van der Waals surface area contributed by atoms with Crippen LogP contribution in [0.4, 0.5) is 19.0 Å². The average Bonchev–Trinajstić information content (AvgIpc) is 3.35. The molecule has 0 spiro atoms. The molecule has 9 nitrogen and oxygen atoms in total. The summed E-state index contributed by atoms with van der Waals surface area (Å²) in [6.07, 6.45) is 1.44. The van der Waals surface area contributed by atoms with Crippen molar-refractivity contribution in [1.29, 1.82) is 0 Å². The van der Waals surface area contributed by atoms with Crippen molar-refractivity contribution in [2.45, 2.75) is 26.1 Å². The molecule has 0 aliphatic carbocycles. The number of nitrogens with zero attached hydrogens (tertiary/aromatic N) is 4. The summed E-state index contributed by atoms with van der Waals surface area (Å²) in [6.45, 7) is 6.73. The molecule has 0 radical (unpaired) electrons. The third kappa shape index (κ3) is 7.01. The standard InChI is InChI=1S/C24H20ClF3N6O3S/c1-4-29-17(14-6-5-7-30-21(14)36)8-12(2)20(35)33-13(3)23-32-11-18(38-23)22(37)34-19-9-15(24(26,27)28)16(25)10-31-19/h4-11,13H,1H2,2-3H3,(H,30,36)(H,33,35)(H,31,34,37)/b12-8+,29-17+. The lowest BCUT2D eigenvalue weighted by atomic mass is 10.1. The van der Waals surface area contributed by atoms with Crippen LogP contribution in [0.5, 0.6) is 5.88 Å². The molecule has 14 heteroatoms. The van der Waals surface area contributed by atoms with Gasteiger partial charge in [0, 0.05) is 24.2 Å². The zero-order valence-electron chi connectivity index (χ0n) is 19.9. The lowest BCUT2D eigenvalue weighted by Crippen LogP contribution is -2.27. The molecule has 0 aliphatic rings. The number of carbonyl (C=O) groups is 2. The molecule has 0 aliphatic heterocycles. The third-order valence-electron chi connectivity index (χ3n) is 4.87. The maximum Gasteiger partial charge on any atom is 0.418 e. The molecule has 3 rings (SSSR count). The van der Waals surface area contributed by atoms with Gasteiger partial charge in [-0.1, -0.05) is 18.2 Å². The van der Waals surface area contributed by atoms with Crippen LogP contribution in [0.25, 0.3) is 0 Å². The van der Waals surface area contributed by atoms with Crippen molar-refractivity contribution in [3.05, 3.63) is 87.3 Å². The van der Waals surface area contributed by atoms with Crippen LogP contribution in [0.15, 0.2) is 66.2 Å². The first kappa shape index (κ1) is 28.5. The smallest absolute Gasteiger partial charge is 0.418 e. The summed E-state index contributed by atoms with van der Waals surface area (Å²) in [5.41, 5.74) is -0.303. The number of allylic oxidation sites excluding steroid dienone is 1. The summed E-state index contributed by atoms with van der Waals surface area (Å²) < 4.78 is 39.2. The third-order valence-corrected chi connectivity index (χ3v) is 6.35. The lowest BCUT2D eigenvalue weighted by molar-refractivity contribution is -0.137. The van der Waals surface area contributed by atoms with Crippen LogP contribution in [0.2, 0.25) is 5.02 Å². The summed E-state index contributed by atoms with van der Waals surface area (Å²) in [5.74, 6) is -1.79. The Morgan fingerprint density at radius 1 is 1.26 bits per heavy atom. The van der Waals surface area contributed by atoms with Crippen molar-refractivity contribution in [2.75, 3.05) is 5.32 Å². The molecular formula is C24H20ClF3N6O3S. The van der Waals surface area contributed by atoms with Gasteiger partial charge in [0.15, 0.2) is 0 Å². The molecule has 0 fully saturated rings. The fraction of sp³-hybridized carbons (Fsp3) is 0.167. The van der Waals surface area contributed by atoms with Crippen molar-refractivity contribution in [3.63, 3.8) is 0 Å². The largest absolute Gasteiger partial charge is 0.493 e. The van der Waals surface area contributed by atoms with Gasteiger partial charge in [0.05, 0.1) is 34.1 Å². The number of carbonyl (C=O) groups excluding carboxylic acids is 2. The normalized spacial score (nSPS) is 13.1. The highest BCUT2D eigenvalue weighted by atomic mass is 35.5. The highest BCUT2D eigenvalue weighted by Crippen LogP contribution is 2.35. The van der Waals surface area contributed by atoms with Crippen LogP contribution < -0.4 is 10.6 Å². The SMILES string of the molecule is C=C/N=C(\C=C(/C)C(=O)NC(C)c1ncc(C(=O)Nc2cc(C(F)(F)F)c(Cl)cn2)s1)c1cccnc1O. The molecular weight excluding hydrogens is 545 g/mol. The molecule has 38 heavy (non-hydrogen) atoms. The van der Waals surface area contributed by atoms with Gasteiger partial charge in [-0.05, 0) is 38.1 Å². The topological polar surface area (TPSA) is 129 Å². The van der Waals surface area contributed by atoms with Gasteiger partial charge in [0.1, 0.15) is 15.7 Å². The molecule has 0 aromatic carbocycles. The van der Waals surface area contributed by atoms with Crippen molar-refractivity contribution in [3.8, 4) is 5.88 Å². The van der Waals surface area contributed by atoms with E-state index in [0.717, 1.165) is 17.5 Å². The number of rotatable bonds is 8. The number of amides is 2. The first-order valence-electron chi connectivity index (χ1n) is 10.7. The Balaban J connectivity index is 1.70. The Bertz CT molecular complexity index is 1440. The van der Waals surface area contributed by atoms with Crippen LogP contribution in [0.3, 0.4) is 0 Å². The fourth-order valence-corrected chi connectivity index (χ4v) is 4.04. The lowest BCUT2D eigenvalue weighted by Gasteiger charge is -2.12. The van der Waals surface area contributed by atoms with Crippen molar-refractivity contribution < 1.29 is 27.9 Å². The number of aromatic nitrogens is 3. The van der Waals surface area contributed by atoms with E-state index in [1.54, 1.807) is 26.0 Å². The maximum atomic E-state index is 13.1. The first-order chi connectivity index (χ1) is 17.9. The average molecular weight is 565 g/mol. The second-order valence-electron chi connectivity index (χ2n) is 7.66. The first-order valence-corrected chi connectivity index (χ1v) is 11.9. The molecule has 0 saturated heterocycles. The number of anilines is 1. The van der Waals surface area contributed by atoms with Gasteiger partial charge in [-0.3, -0.25) is 14.6 Å². The van der Waals surface area contributed by atoms with Gasteiger partial charge in [0.25, 0.3) is 5.91 Å². The van der Waals surface area contributed by atoms with E-state index >= 15 is 0 Å². The number of aliphatic imine (C=N–C) groups is 1. The van der Waals surface area contributed by atoms with E-state index in [0.29, 0.717) is 16.6 Å². The fourth-order valence-electron chi connectivity index (χ4n) is 3.02. The molecule has 0 bridgehead atoms. The number of halogens is 4. The summed E-state index contributed by atoms with van der Waals surface area (Å²) in [6, 6.07) is 3.21. The van der Waals surface area contributed by atoms with Crippen LogP contribution in [0, 0.1) is 0 Å². The highest BCUT2D eigenvalue weighted by Gasteiger charge is 2.34. The Morgan fingerprint density at radius 3 is 2.66 bits per heavy atom. The minimum Gasteiger partial charge on any atom is -0.493 e. The van der Waals surface area contributed by atoms with Gasteiger partial charge in [-0.2, -0.15) is 13.2 Å². The number of pyridine rings is 2. The molecule has 198 valence electrons. The van der Waals surface area contributed by atoms with E-state index in [9.17, 15) is 27.9 Å². The molecule has 3 aromatic rings. The minimum atomic E-state index is -4.71. The summed E-state index contributed by atoms with van der Waals surface area (Å²) >= 11 is 6.50. The van der Waals surface area contributed by atoms with Crippen molar-refractivity contribution in [1.82, 2.24) is 20.3 Å². The van der Waals surface area contributed by atoms with E-state index in [1.807, 2.05) is 0 Å². The number of nitrogens with one attached hydrogen (secondary N) is 2. The van der Waals surface area contributed by atoms with E-state index in [-0.39, 0.29) is 27.9 Å². The second-order valence-corrected chi connectivity index (χ2v) is 9.13. The molecule has 1 atom stereocenters. The van der Waals surface area contributed by atoms with E-state index < -0.39 is 34.6 Å². The zero-order chi connectivity index (χ0) is 28.0. The summed E-state index contributed by atoms with van der Waals surface area (Å²) in [5, 5.41) is 14.8. The number of thiazole rings is 1. The Labute approximate surface area is 223 Å². The van der Waals surface area contributed by atoms with Crippen LogP contribution in [-0.4, -0.2) is 37.6 Å². The van der Waals surface area contributed by atoms with Gasteiger partial charge < -0.3 is 15.7 Å². The summed E-state index contributed by atoms with van der Waals surface area (Å²) in [7, 11) is 0. The van der Waals surface area contributed by atoms with Crippen molar-refractivity contribution >= 4 is 46.3 Å². The minimum absolute atomic E-state index is 0.0890. The van der Waals surface area contributed by atoms with E-state index in [2.05, 4.69) is 37.2 Å². The Kier molecular flexibility index (Phi) is 8.96. The van der Waals surface area contributed by atoms with Crippen molar-refractivity contribution in [2.24, 2.45) is 4.99 Å². The van der Waals surface area contributed by atoms with Crippen LogP contribution in [-0.2, 0) is 11.0 Å². The molecule has 2 amide bonds. The molecule has 1 unspecified atom stereocenters. The van der Waals surface area contributed by atoms with Gasteiger partial charge in [-0.25, -0.2) is 15.0 Å². The summed E-state index contributed by atoms with van der Waals surface area (Å²) in [4.78, 5) is 41.1. The van der Waals surface area contributed by atoms with Gasteiger partial charge in [0.2, 0.25) is 11.8 Å². The second kappa shape index (κ2) is 12.0. The molecule has 3 N–H and O–H groups in total. The molecule has 0 saturated carbocycles. The Hall–Kier alpha value is -4.10. The van der Waals surface area contributed by atoms with E-state index in [4.69, 9.17) is 11.6 Å². The van der Waals surface area contributed by atoms with Gasteiger partial charge >= 0.3 is 6.18 Å². The maximum absolute atomic E-state index is 13.1. The van der Waals surface area contributed by atoms with Crippen LogP contribution in [0.1, 0.15) is 45.7 Å². The number of alkyl halides is 3. The predicted molar refractivity (Wildman–Crippen MR) is 137 cm³/mol. The number of hydrogen-bond donors (Lipinski definition) is 3.